The predicted octanol–water partition coefficient (Wildman–Crippen LogP) is 2.29. The Morgan fingerprint density at radius 3 is 2.68 bits per heavy atom. The number of rotatable bonds is 6. The first kappa shape index (κ1) is 13.5. The first-order chi connectivity index (χ1) is 9.24. The van der Waals surface area contributed by atoms with Crippen LogP contribution in [0.3, 0.4) is 0 Å². The molecular weight excluding hydrogens is 238 g/mol. The largest absolute Gasteiger partial charge is 0.508 e. The van der Waals surface area contributed by atoms with Crippen molar-refractivity contribution < 1.29 is 5.11 Å². The third-order valence-electron chi connectivity index (χ3n) is 3.05. The molecule has 0 spiro atoms. The van der Waals surface area contributed by atoms with Gasteiger partial charge < -0.3 is 10.4 Å². The van der Waals surface area contributed by atoms with Gasteiger partial charge in [0.05, 0.1) is 5.69 Å². The second-order valence-corrected chi connectivity index (χ2v) is 4.68. The number of hydrogen-bond acceptors (Lipinski definition) is 4. The van der Waals surface area contributed by atoms with E-state index in [-0.39, 0.29) is 0 Å². The molecule has 4 nitrogen and oxygen atoms in total. The highest BCUT2D eigenvalue weighted by Gasteiger charge is 2.03. The highest BCUT2D eigenvalue weighted by atomic mass is 16.3. The molecule has 4 heteroatoms. The van der Waals surface area contributed by atoms with Crippen molar-refractivity contribution in [3.63, 3.8) is 0 Å². The molecule has 0 aliphatic carbocycles. The molecule has 2 rings (SSSR count). The van der Waals surface area contributed by atoms with Gasteiger partial charge in [-0.1, -0.05) is 12.1 Å². The number of aromatic nitrogens is 2. The first-order valence-electron chi connectivity index (χ1n) is 6.50. The van der Waals surface area contributed by atoms with Crippen molar-refractivity contribution in [2.75, 3.05) is 0 Å². The molecule has 1 heterocycles. The van der Waals surface area contributed by atoms with Gasteiger partial charge in [-0.3, -0.25) is 9.97 Å². The van der Waals surface area contributed by atoms with Crippen molar-refractivity contribution in [1.82, 2.24) is 15.3 Å². The van der Waals surface area contributed by atoms with Crippen molar-refractivity contribution in [2.24, 2.45) is 0 Å². The Kier molecular flexibility index (Phi) is 4.86. The number of aromatic hydroxyl groups is 1. The standard InChI is InChI=1S/C15H19N3O/c1-12(18-11-14-10-16-8-9-17-14)2-3-13-4-6-15(19)7-5-13/h4-10,12,18-19H,2-3,11H2,1H3. The van der Waals surface area contributed by atoms with E-state index in [0.717, 1.165) is 25.1 Å². The van der Waals surface area contributed by atoms with Gasteiger partial charge in [-0.15, -0.1) is 0 Å². The fourth-order valence-electron chi connectivity index (χ4n) is 1.85. The van der Waals surface area contributed by atoms with Crippen molar-refractivity contribution in [3.05, 3.63) is 54.1 Å². The average molecular weight is 257 g/mol. The number of aryl methyl sites for hydroxylation is 1. The second-order valence-electron chi connectivity index (χ2n) is 4.68. The minimum atomic E-state index is 0.317. The van der Waals surface area contributed by atoms with Gasteiger partial charge in [0.2, 0.25) is 0 Å². The summed E-state index contributed by atoms with van der Waals surface area (Å²) in [5.74, 6) is 0.317. The average Bonchev–Trinajstić information content (AvgIpc) is 2.45. The molecule has 2 N–H and O–H groups in total. The summed E-state index contributed by atoms with van der Waals surface area (Å²) in [6.45, 7) is 2.90. The van der Waals surface area contributed by atoms with Gasteiger partial charge in [0.15, 0.2) is 0 Å². The summed E-state index contributed by atoms with van der Waals surface area (Å²) in [6.07, 6.45) is 7.20. The van der Waals surface area contributed by atoms with Gasteiger partial charge in [-0.25, -0.2) is 0 Å². The highest BCUT2D eigenvalue weighted by Crippen LogP contribution is 2.11. The lowest BCUT2D eigenvalue weighted by atomic mass is 10.1. The summed E-state index contributed by atoms with van der Waals surface area (Å²) >= 11 is 0. The molecule has 1 aromatic heterocycles. The van der Waals surface area contributed by atoms with E-state index >= 15 is 0 Å². The van der Waals surface area contributed by atoms with E-state index in [4.69, 9.17) is 0 Å². The Morgan fingerprint density at radius 2 is 2.00 bits per heavy atom. The third kappa shape index (κ3) is 4.67. The number of phenolic OH excluding ortho intramolecular Hbond substituents is 1. The molecule has 0 aliphatic rings. The van der Waals surface area contributed by atoms with E-state index in [1.54, 1.807) is 30.7 Å². The molecule has 0 bridgehead atoms. The Labute approximate surface area is 113 Å². The van der Waals surface area contributed by atoms with Gasteiger partial charge in [-0.05, 0) is 37.5 Å². The number of phenols is 1. The molecule has 0 radical (unpaired) electrons. The SMILES string of the molecule is CC(CCc1ccc(O)cc1)NCc1cnccn1. The zero-order chi connectivity index (χ0) is 13.5. The zero-order valence-electron chi connectivity index (χ0n) is 11.1. The first-order valence-corrected chi connectivity index (χ1v) is 6.50. The highest BCUT2D eigenvalue weighted by molar-refractivity contribution is 5.25. The lowest BCUT2D eigenvalue weighted by Crippen LogP contribution is -2.26. The topological polar surface area (TPSA) is 58.0 Å². The van der Waals surface area contributed by atoms with E-state index in [9.17, 15) is 5.11 Å². The normalized spacial score (nSPS) is 12.3. The van der Waals surface area contributed by atoms with Crippen LogP contribution in [0.15, 0.2) is 42.9 Å². The van der Waals surface area contributed by atoms with Crippen LogP contribution < -0.4 is 5.32 Å². The summed E-state index contributed by atoms with van der Waals surface area (Å²) in [7, 11) is 0. The van der Waals surface area contributed by atoms with E-state index in [2.05, 4.69) is 22.2 Å². The molecule has 100 valence electrons. The summed E-state index contributed by atoms with van der Waals surface area (Å²) < 4.78 is 0. The van der Waals surface area contributed by atoms with Gasteiger partial charge in [0.25, 0.3) is 0 Å². The predicted molar refractivity (Wildman–Crippen MR) is 74.8 cm³/mol. The number of nitrogens with one attached hydrogen (secondary N) is 1. The van der Waals surface area contributed by atoms with Crippen molar-refractivity contribution >= 4 is 0 Å². The molecule has 0 aliphatic heterocycles. The summed E-state index contributed by atoms with van der Waals surface area (Å²) in [6, 6.07) is 7.80. The van der Waals surface area contributed by atoms with Crippen LogP contribution in [0.5, 0.6) is 5.75 Å². The fourth-order valence-corrected chi connectivity index (χ4v) is 1.85. The van der Waals surface area contributed by atoms with Crippen LogP contribution in [-0.4, -0.2) is 21.1 Å². The molecule has 1 unspecified atom stereocenters. The van der Waals surface area contributed by atoms with E-state index < -0.39 is 0 Å². The van der Waals surface area contributed by atoms with Crippen LogP contribution in [0.2, 0.25) is 0 Å². The maximum atomic E-state index is 9.22. The monoisotopic (exact) mass is 257 g/mol. The molecule has 0 amide bonds. The van der Waals surface area contributed by atoms with Gasteiger partial charge in [0.1, 0.15) is 5.75 Å². The Hall–Kier alpha value is -1.94. The van der Waals surface area contributed by atoms with Crippen molar-refractivity contribution in [1.29, 1.82) is 0 Å². The minimum Gasteiger partial charge on any atom is -0.508 e. The molecule has 0 saturated carbocycles. The molecule has 1 atom stereocenters. The van der Waals surface area contributed by atoms with Crippen LogP contribution in [0.25, 0.3) is 0 Å². The Morgan fingerprint density at radius 1 is 1.21 bits per heavy atom. The number of benzene rings is 1. The number of hydrogen-bond donors (Lipinski definition) is 2. The maximum absolute atomic E-state index is 9.22. The van der Waals surface area contributed by atoms with Crippen LogP contribution in [0.4, 0.5) is 0 Å². The summed E-state index contributed by atoms with van der Waals surface area (Å²) in [5, 5.41) is 12.6. The molecule has 19 heavy (non-hydrogen) atoms. The second kappa shape index (κ2) is 6.85. The Balaban J connectivity index is 1.72. The maximum Gasteiger partial charge on any atom is 0.115 e. The number of nitrogens with zero attached hydrogens (tertiary/aromatic N) is 2. The fraction of sp³-hybridized carbons (Fsp3) is 0.333. The smallest absolute Gasteiger partial charge is 0.115 e. The van der Waals surface area contributed by atoms with Crippen LogP contribution in [0, 0.1) is 0 Å². The lowest BCUT2D eigenvalue weighted by molar-refractivity contribution is 0.474. The van der Waals surface area contributed by atoms with E-state index in [1.165, 1.54) is 5.56 Å². The molecule has 2 aromatic rings. The van der Waals surface area contributed by atoms with Crippen molar-refractivity contribution in [2.45, 2.75) is 32.4 Å². The quantitative estimate of drug-likeness (QED) is 0.833. The van der Waals surface area contributed by atoms with Gasteiger partial charge in [0, 0.05) is 31.2 Å². The molecule has 0 fully saturated rings. The zero-order valence-corrected chi connectivity index (χ0v) is 11.1. The molecular formula is C15H19N3O. The molecule has 0 saturated heterocycles. The van der Waals surface area contributed by atoms with E-state index in [0.29, 0.717) is 11.8 Å². The van der Waals surface area contributed by atoms with Crippen LogP contribution in [0.1, 0.15) is 24.6 Å². The molecule has 1 aromatic carbocycles. The summed E-state index contributed by atoms with van der Waals surface area (Å²) in [4.78, 5) is 8.26. The minimum absolute atomic E-state index is 0.317. The third-order valence-corrected chi connectivity index (χ3v) is 3.05. The van der Waals surface area contributed by atoms with Crippen LogP contribution in [-0.2, 0) is 13.0 Å². The van der Waals surface area contributed by atoms with Crippen molar-refractivity contribution in [3.8, 4) is 5.75 Å². The van der Waals surface area contributed by atoms with Crippen LogP contribution >= 0.6 is 0 Å². The van der Waals surface area contributed by atoms with Gasteiger partial charge in [-0.2, -0.15) is 0 Å². The van der Waals surface area contributed by atoms with Gasteiger partial charge >= 0.3 is 0 Å². The van der Waals surface area contributed by atoms with E-state index in [1.807, 2.05) is 12.1 Å². The lowest BCUT2D eigenvalue weighted by Gasteiger charge is -2.13. The Bertz CT molecular complexity index is 485. The summed E-state index contributed by atoms with van der Waals surface area (Å²) in [5.41, 5.74) is 2.20.